The van der Waals surface area contributed by atoms with E-state index in [1.54, 1.807) is 24.3 Å². The minimum Gasteiger partial charge on any atom is -0.360 e. The van der Waals surface area contributed by atoms with E-state index >= 15 is 0 Å². The van der Waals surface area contributed by atoms with E-state index in [2.05, 4.69) is 17.1 Å². The molecule has 7 nitrogen and oxygen atoms in total. The molecule has 1 saturated heterocycles. The van der Waals surface area contributed by atoms with E-state index in [-0.39, 0.29) is 16.5 Å². The molecular formula is C17H25N4O3+. The van der Waals surface area contributed by atoms with Crippen molar-refractivity contribution < 1.29 is 14.6 Å². The number of hydrogen-bond donors (Lipinski definition) is 2. The number of nitro groups is 1. The van der Waals surface area contributed by atoms with Crippen LogP contribution in [0.1, 0.15) is 19.8 Å². The molecule has 0 unspecified atom stereocenters. The first-order valence-electron chi connectivity index (χ1n) is 8.65. The van der Waals surface area contributed by atoms with Crippen LogP contribution in [0, 0.1) is 16.0 Å². The maximum absolute atomic E-state index is 12.1. The van der Waals surface area contributed by atoms with Crippen molar-refractivity contribution in [1.82, 2.24) is 5.32 Å². The van der Waals surface area contributed by atoms with Crippen LogP contribution < -0.4 is 15.1 Å². The molecule has 1 amide bonds. The second-order valence-electron chi connectivity index (χ2n) is 6.88. The van der Waals surface area contributed by atoms with Crippen molar-refractivity contribution >= 4 is 17.3 Å². The molecule has 1 aromatic rings. The van der Waals surface area contributed by atoms with Gasteiger partial charge >= 0.3 is 0 Å². The van der Waals surface area contributed by atoms with Gasteiger partial charge in [-0.2, -0.15) is 0 Å². The lowest BCUT2D eigenvalue weighted by Gasteiger charge is -2.33. The quantitative estimate of drug-likeness (QED) is 0.576. The summed E-state index contributed by atoms with van der Waals surface area (Å²) in [5.41, 5.74) is 1.12. The summed E-state index contributed by atoms with van der Waals surface area (Å²) in [4.78, 5) is 25.9. The summed E-state index contributed by atoms with van der Waals surface area (Å²) in [6.07, 6.45) is 2.48. The highest BCUT2D eigenvalue weighted by atomic mass is 16.6. The van der Waals surface area contributed by atoms with Crippen LogP contribution in [-0.2, 0) is 4.79 Å². The Morgan fingerprint density at radius 2 is 1.96 bits per heavy atom. The SMILES string of the molecule is C[C@@H](NC(=O)C[NH+]1CCN(c2ccc([N+](=O)[O-])cc2)CC1)C1CC1. The van der Waals surface area contributed by atoms with Crippen molar-refractivity contribution in [2.45, 2.75) is 25.8 Å². The molecule has 2 fully saturated rings. The van der Waals surface area contributed by atoms with Crippen LogP contribution in [0.5, 0.6) is 0 Å². The highest BCUT2D eigenvalue weighted by molar-refractivity contribution is 5.77. The van der Waals surface area contributed by atoms with Gasteiger partial charge in [-0.3, -0.25) is 14.9 Å². The molecule has 2 aliphatic rings. The van der Waals surface area contributed by atoms with E-state index in [1.165, 1.54) is 17.7 Å². The standard InChI is InChI=1S/C17H24N4O3/c1-13(14-2-3-14)18-17(22)12-19-8-10-20(11-9-19)15-4-6-16(7-5-15)21(23)24/h4-7,13-14H,2-3,8-12H2,1H3,(H,18,22)/p+1/t13-/m1/s1. The molecule has 24 heavy (non-hydrogen) atoms. The summed E-state index contributed by atoms with van der Waals surface area (Å²) < 4.78 is 0. The van der Waals surface area contributed by atoms with E-state index in [4.69, 9.17) is 0 Å². The highest BCUT2D eigenvalue weighted by Crippen LogP contribution is 2.32. The van der Waals surface area contributed by atoms with Gasteiger partial charge in [0.2, 0.25) is 0 Å². The number of carbonyl (C=O) groups is 1. The van der Waals surface area contributed by atoms with Gasteiger partial charge in [0.15, 0.2) is 6.54 Å². The Hall–Kier alpha value is -2.15. The van der Waals surface area contributed by atoms with Gasteiger partial charge in [-0.15, -0.1) is 0 Å². The summed E-state index contributed by atoms with van der Waals surface area (Å²) in [6.45, 7) is 6.16. The van der Waals surface area contributed by atoms with Gasteiger partial charge < -0.3 is 15.1 Å². The average Bonchev–Trinajstić information content (AvgIpc) is 3.40. The molecule has 1 aliphatic heterocycles. The van der Waals surface area contributed by atoms with Crippen LogP contribution >= 0.6 is 0 Å². The highest BCUT2D eigenvalue weighted by Gasteiger charge is 2.30. The minimum atomic E-state index is -0.382. The normalized spacial score (nSPS) is 19.8. The predicted octanol–water partition coefficient (Wildman–Crippen LogP) is 0.214. The molecule has 0 aromatic heterocycles. The number of carbonyl (C=O) groups excluding carboxylic acids is 1. The van der Waals surface area contributed by atoms with Crippen LogP contribution in [0.3, 0.4) is 0 Å². The van der Waals surface area contributed by atoms with Gasteiger partial charge in [0.25, 0.3) is 11.6 Å². The Bertz CT molecular complexity index is 592. The van der Waals surface area contributed by atoms with Crippen molar-refractivity contribution in [2.24, 2.45) is 5.92 Å². The molecule has 1 aliphatic carbocycles. The van der Waals surface area contributed by atoms with Crippen LogP contribution in [0.15, 0.2) is 24.3 Å². The minimum absolute atomic E-state index is 0.115. The van der Waals surface area contributed by atoms with Gasteiger partial charge in [-0.1, -0.05) is 0 Å². The van der Waals surface area contributed by atoms with E-state index in [0.29, 0.717) is 18.5 Å². The maximum Gasteiger partial charge on any atom is 0.275 e. The number of anilines is 1. The summed E-state index contributed by atoms with van der Waals surface area (Å²) in [6, 6.07) is 6.99. The van der Waals surface area contributed by atoms with E-state index < -0.39 is 0 Å². The first kappa shape index (κ1) is 16.7. The number of hydrogen-bond acceptors (Lipinski definition) is 4. The molecule has 3 rings (SSSR count). The number of non-ortho nitro benzene ring substituents is 1. The molecule has 0 spiro atoms. The zero-order chi connectivity index (χ0) is 17.1. The molecule has 1 saturated carbocycles. The summed E-state index contributed by atoms with van der Waals surface area (Å²) in [7, 11) is 0. The zero-order valence-electron chi connectivity index (χ0n) is 14.0. The third-order valence-electron chi connectivity index (χ3n) is 5.02. The maximum atomic E-state index is 12.1. The van der Waals surface area contributed by atoms with Crippen LogP contribution in [0.4, 0.5) is 11.4 Å². The van der Waals surface area contributed by atoms with Gasteiger partial charge in [0.1, 0.15) is 0 Å². The molecular weight excluding hydrogens is 308 g/mol. The van der Waals surface area contributed by atoms with E-state index in [9.17, 15) is 14.9 Å². The number of nitrogens with zero attached hydrogens (tertiary/aromatic N) is 2. The molecule has 2 N–H and O–H groups in total. The lowest BCUT2D eigenvalue weighted by Crippen LogP contribution is -3.16. The van der Waals surface area contributed by atoms with Crippen molar-refractivity contribution in [3.63, 3.8) is 0 Å². The summed E-state index contributed by atoms with van der Waals surface area (Å²) in [5.74, 6) is 0.830. The van der Waals surface area contributed by atoms with Crippen LogP contribution in [0.25, 0.3) is 0 Å². The topological polar surface area (TPSA) is 79.9 Å². The van der Waals surface area contributed by atoms with Crippen LogP contribution in [-0.4, -0.2) is 49.6 Å². The first-order valence-corrected chi connectivity index (χ1v) is 8.65. The predicted molar refractivity (Wildman–Crippen MR) is 91.2 cm³/mol. The Morgan fingerprint density at radius 1 is 1.33 bits per heavy atom. The third-order valence-corrected chi connectivity index (χ3v) is 5.02. The number of benzene rings is 1. The van der Waals surface area contributed by atoms with Gasteiger partial charge in [-0.25, -0.2) is 0 Å². The summed E-state index contributed by atoms with van der Waals surface area (Å²) >= 11 is 0. The Kier molecular flexibility index (Phi) is 4.99. The summed E-state index contributed by atoms with van der Waals surface area (Å²) in [5, 5.41) is 13.8. The van der Waals surface area contributed by atoms with Gasteiger partial charge in [0.05, 0.1) is 31.1 Å². The van der Waals surface area contributed by atoms with Crippen molar-refractivity contribution in [3.8, 4) is 0 Å². The number of nitro benzene ring substituents is 1. The van der Waals surface area contributed by atoms with Crippen molar-refractivity contribution in [1.29, 1.82) is 0 Å². The Labute approximate surface area is 141 Å². The second kappa shape index (κ2) is 7.17. The zero-order valence-corrected chi connectivity index (χ0v) is 14.0. The Morgan fingerprint density at radius 3 is 2.50 bits per heavy atom. The molecule has 1 atom stereocenters. The number of piperazine rings is 1. The number of quaternary nitrogens is 1. The largest absolute Gasteiger partial charge is 0.360 e. The fraction of sp³-hybridized carbons (Fsp3) is 0.588. The van der Waals surface area contributed by atoms with Gasteiger partial charge in [0, 0.05) is 23.9 Å². The third kappa shape index (κ3) is 4.23. The fourth-order valence-electron chi connectivity index (χ4n) is 3.29. The number of rotatable bonds is 6. The van der Waals surface area contributed by atoms with E-state index in [1.807, 2.05) is 0 Å². The molecule has 130 valence electrons. The lowest BCUT2D eigenvalue weighted by molar-refractivity contribution is -0.892. The Balaban J connectivity index is 1.44. The lowest BCUT2D eigenvalue weighted by atomic mass is 10.2. The van der Waals surface area contributed by atoms with E-state index in [0.717, 1.165) is 31.9 Å². The first-order chi connectivity index (χ1) is 11.5. The van der Waals surface area contributed by atoms with Crippen LogP contribution in [0.2, 0.25) is 0 Å². The smallest absolute Gasteiger partial charge is 0.275 e. The molecule has 7 heteroatoms. The average molecular weight is 333 g/mol. The van der Waals surface area contributed by atoms with Crippen molar-refractivity contribution in [2.75, 3.05) is 37.6 Å². The molecule has 1 heterocycles. The molecule has 0 radical (unpaired) electrons. The monoisotopic (exact) mass is 333 g/mol. The fourth-order valence-corrected chi connectivity index (χ4v) is 3.29. The van der Waals surface area contributed by atoms with Gasteiger partial charge in [-0.05, 0) is 37.8 Å². The number of nitrogens with one attached hydrogen (secondary N) is 2. The molecule has 0 bridgehead atoms. The molecule has 1 aromatic carbocycles. The second-order valence-corrected chi connectivity index (χ2v) is 6.88. The van der Waals surface area contributed by atoms with Crippen molar-refractivity contribution in [3.05, 3.63) is 34.4 Å². The number of amides is 1.